The molecule has 0 unspecified atom stereocenters. The van der Waals surface area contributed by atoms with E-state index >= 15 is 0 Å². The summed E-state index contributed by atoms with van der Waals surface area (Å²) in [6, 6.07) is 12.5. The van der Waals surface area contributed by atoms with Crippen molar-refractivity contribution in [2.45, 2.75) is 49.8 Å². The molecule has 0 saturated heterocycles. The fourth-order valence-electron chi connectivity index (χ4n) is 5.28. The van der Waals surface area contributed by atoms with Gasteiger partial charge in [-0.25, -0.2) is 18.4 Å². The average molecular weight is 572 g/mol. The summed E-state index contributed by atoms with van der Waals surface area (Å²) < 4.78 is 36.7. The number of amides is 1. The predicted molar refractivity (Wildman–Crippen MR) is 152 cm³/mol. The van der Waals surface area contributed by atoms with Crippen LogP contribution in [0.4, 0.5) is 11.6 Å². The molecule has 3 aliphatic rings. The smallest absolute Gasteiger partial charge is 0.251 e. The number of carbonyl (C=O) groups excluding carboxylic acids is 1. The lowest BCUT2D eigenvalue weighted by Crippen LogP contribution is -2.27. The number of ether oxygens (including phenoxy) is 2. The Hall–Kier alpha value is -4.09. The number of nitrogens with one attached hydrogen (secondary N) is 1. The number of carbonyl (C=O) groups is 1. The number of nitrogens with zero attached hydrogens (tertiary/aromatic N) is 4. The Labute approximate surface area is 237 Å². The first-order valence-corrected chi connectivity index (χ1v) is 15.5. The summed E-state index contributed by atoms with van der Waals surface area (Å²) in [7, 11) is -3.50. The molecule has 0 bridgehead atoms. The molecule has 41 heavy (non-hydrogen) atoms. The van der Waals surface area contributed by atoms with Crippen LogP contribution in [0.3, 0.4) is 0 Å². The van der Waals surface area contributed by atoms with Gasteiger partial charge in [0.05, 0.1) is 47.7 Å². The van der Waals surface area contributed by atoms with E-state index < -0.39 is 9.84 Å². The summed E-state index contributed by atoms with van der Waals surface area (Å²) in [6.07, 6.45) is 7.97. The molecule has 0 radical (unpaired) electrons. The van der Waals surface area contributed by atoms with Gasteiger partial charge in [-0.05, 0) is 67.6 Å². The highest BCUT2D eigenvalue weighted by Gasteiger charge is 2.29. The summed E-state index contributed by atoms with van der Waals surface area (Å²) in [5, 5.41) is 3.74. The zero-order chi connectivity index (χ0) is 28.0. The zero-order valence-corrected chi connectivity index (χ0v) is 23.2. The number of aromatic nitrogens is 3. The molecule has 1 fully saturated rings. The van der Waals surface area contributed by atoms with Crippen molar-refractivity contribution >= 4 is 38.3 Å². The van der Waals surface area contributed by atoms with Gasteiger partial charge < -0.3 is 19.7 Å². The van der Waals surface area contributed by atoms with Gasteiger partial charge in [0.2, 0.25) is 0 Å². The highest BCUT2D eigenvalue weighted by molar-refractivity contribution is 7.91. The minimum absolute atomic E-state index is 0.102. The van der Waals surface area contributed by atoms with Crippen molar-refractivity contribution in [2.24, 2.45) is 0 Å². The molecule has 0 spiro atoms. The largest absolute Gasteiger partial charge is 0.490 e. The third-order valence-corrected chi connectivity index (χ3v) is 9.37. The molecule has 210 valence electrons. The van der Waals surface area contributed by atoms with Crippen molar-refractivity contribution < 1.29 is 22.7 Å². The number of benzene rings is 1. The molecule has 1 aromatic carbocycles. The van der Waals surface area contributed by atoms with Gasteiger partial charge in [-0.1, -0.05) is 6.07 Å². The molecule has 1 saturated carbocycles. The van der Waals surface area contributed by atoms with Crippen LogP contribution in [0.2, 0.25) is 0 Å². The lowest BCUT2D eigenvalue weighted by Gasteiger charge is -2.30. The van der Waals surface area contributed by atoms with E-state index in [1.807, 2.05) is 24.3 Å². The van der Waals surface area contributed by atoms with Crippen molar-refractivity contribution in [3.05, 3.63) is 77.2 Å². The first kappa shape index (κ1) is 25.8. The molecule has 2 aliphatic heterocycles. The first-order chi connectivity index (χ1) is 19.9. The predicted octanol–water partition coefficient (Wildman–Crippen LogP) is 3.88. The quantitative estimate of drug-likeness (QED) is 0.367. The van der Waals surface area contributed by atoms with Crippen molar-refractivity contribution in [2.75, 3.05) is 23.8 Å². The summed E-state index contributed by atoms with van der Waals surface area (Å²) >= 11 is 0. The Balaban J connectivity index is 1.10. The van der Waals surface area contributed by atoms with Crippen LogP contribution in [0, 0.1) is 0 Å². The molecular formula is C30H29N5O5S. The first-order valence-electron chi connectivity index (χ1n) is 13.8. The van der Waals surface area contributed by atoms with Gasteiger partial charge in [0, 0.05) is 35.5 Å². The molecular weight excluding hydrogens is 542 g/mol. The topological polar surface area (TPSA) is 124 Å². The second-order valence-corrected chi connectivity index (χ2v) is 12.7. The van der Waals surface area contributed by atoms with Crippen LogP contribution in [-0.4, -0.2) is 54.3 Å². The summed E-state index contributed by atoms with van der Waals surface area (Å²) in [6.45, 7) is 1.32. The molecule has 5 heterocycles. The van der Waals surface area contributed by atoms with E-state index in [-0.39, 0.29) is 41.9 Å². The van der Waals surface area contributed by atoms with Crippen molar-refractivity contribution in [1.29, 1.82) is 0 Å². The fraction of sp³-hybridized carbons (Fsp3) is 0.333. The van der Waals surface area contributed by atoms with Crippen molar-refractivity contribution in [3.8, 4) is 5.75 Å². The zero-order valence-electron chi connectivity index (χ0n) is 22.4. The molecule has 0 atom stereocenters. The van der Waals surface area contributed by atoms with Crippen LogP contribution in [0.1, 0.15) is 46.4 Å². The monoisotopic (exact) mass is 571 g/mol. The van der Waals surface area contributed by atoms with E-state index in [2.05, 4.69) is 20.2 Å². The molecule has 1 aliphatic carbocycles. The van der Waals surface area contributed by atoms with E-state index in [9.17, 15) is 13.2 Å². The van der Waals surface area contributed by atoms with Gasteiger partial charge >= 0.3 is 0 Å². The highest BCUT2D eigenvalue weighted by atomic mass is 32.2. The fourth-order valence-corrected chi connectivity index (χ4v) is 6.67. The maximum absolute atomic E-state index is 12.9. The van der Waals surface area contributed by atoms with E-state index in [1.54, 1.807) is 24.5 Å². The van der Waals surface area contributed by atoms with Gasteiger partial charge in [0.25, 0.3) is 5.91 Å². The second kappa shape index (κ2) is 10.4. The minimum Gasteiger partial charge on any atom is -0.490 e. The van der Waals surface area contributed by atoms with E-state index in [0.717, 1.165) is 66.1 Å². The Morgan fingerprint density at radius 3 is 2.90 bits per heavy atom. The SMILES string of the molecule is O=C(NCc1cc2nc(N3CCCc4c(OC5CC5)ccnc43)ccc2cn1)c1ccc2c(c1)S(=O)(=O)CCOC2. The molecule has 1 N–H and O–H groups in total. The maximum atomic E-state index is 12.9. The number of sulfone groups is 1. The van der Waals surface area contributed by atoms with E-state index in [1.165, 1.54) is 6.07 Å². The van der Waals surface area contributed by atoms with Crippen LogP contribution in [0.5, 0.6) is 5.75 Å². The third kappa shape index (κ3) is 5.22. The number of rotatable bonds is 6. The summed E-state index contributed by atoms with van der Waals surface area (Å²) in [5.41, 5.74) is 3.37. The third-order valence-electron chi connectivity index (χ3n) is 7.61. The van der Waals surface area contributed by atoms with Gasteiger partial charge in [-0.15, -0.1) is 0 Å². The average Bonchev–Trinajstić information content (AvgIpc) is 3.83. The molecule has 11 heteroatoms. The van der Waals surface area contributed by atoms with Crippen LogP contribution < -0.4 is 15.0 Å². The number of hydrogen-bond acceptors (Lipinski definition) is 9. The van der Waals surface area contributed by atoms with Gasteiger partial charge in [0.15, 0.2) is 9.84 Å². The number of pyridine rings is 3. The van der Waals surface area contributed by atoms with Gasteiger partial charge in [0.1, 0.15) is 17.4 Å². The van der Waals surface area contributed by atoms with Crippen LogP contribution in [0.25, 0.3) is 10.9 Å². The Morgan fingerprint density at radius 2 is 2.02 bits per heavy atom. The Kier molecular flexibility index (Phi) is 6.55. The Morgan fingerprint density at radius 1 is 1.12 bits per heavy atom. The second-order valence-electron chi connectivity index (χ2n) is 10.6. The van der Waals surface area contributed by atoms with Crippen LogP contribution in [-0.2, 0) is 34.1 Å². The lowest BCUT2D eigenvalue weighted by molar-refractivity contribution is 0.0950. The number of anilines is 2. The number of fused-ring (bicyclic) bond motifs is 3. The standard InChI is InChI=1S/C30H29N5O5S/c36-30(19-3-4-21-18-39-12-13-41(37,38)27(21)14-19)33-17-22-15-25-20(16-32-22)5-8-28(34-25)35-11-1-2-24-26(40-23-6-7-23)9-10-31-29(24)35/h3-5,8-10,14-16,23H,1-2,6-7,11-13,17-18H2,(H,33,36). The molecule has 3 aromatic heterocycles. The summed E-state index contributed by atoms with van der Waals surface area (Å²) in [4.78, 5) is 29.3. The van der Waals surface area contributed by atoms with Crippen LogP contribution in [0.15, 0.2) is 59.8 Å². The molecule has 7 rings (SSSR count). The summed E-state index contributed by atoms with van der Waals surface area (Å²) in [5.74, 6) is 2.13. The molecule has 10 nitrogen and oxygen atoms in total. The van der Waals surface area contributed by atoms with Crippen LogP contribution >= 0.6 is 0 Å². The minimum atomic E-state index is -3.50. The lowest BCUT2D eigenvalue weighted by atomic mass is 10.0. The van der Waals surface area contributed by atoms with E-state index in [4.69, 9.17) is 14.5 Å². The van der Waals surface area contributed by atoms with Crippen molar-refractivity contribution in [1.82, 2.24) is 20.3 Å². The molecule has 1 amide bonds. The molecule has 4 aromatic rings. The maximum Gasteiger partial charge on any atom is 0.251 e. The Bertz CT molecular complexity index is 1770. The van der Waals surface area contributed by atoms with Gasteiger partial charge in [-0.2, -0.15) is 0 Å². The van der Waals surface area contributed by atoms with E-state index in [0.29, 0.717) is 17.4 Å². The van der Waals surface area contributed by atoms with Crippen molar-refractivity contribution in [3.63, 3.8) is 0 Å². The normalized spacial score (nSPS) is 17.8. The number of hydrogen-bond donors (Lipinski definition) is 1. The van der Waals surface area contributed by atoms with Gasteiger partial charge in [-0.3, -0.25) is 9.78 Å². The highest BCUT2D eigenvalue weighted by Crippen LogP contribution is 2.38.